The maximum atomic E-state index is 12.1. The molecule has 0 bridgehead atoms. The van der Waals surface area contributed by atoms with Gasteiger partial charge in [0.2, 0.25) is 5.91 Å². The third-order valence-corrected chi connectivity index (χ3v) is 5.22. The molecule has 0 saturated carbocycles. The summed E-state index contributed by atoms with van der Waals surface area (Å²) in [6.07, 6.45) is -1.49. The van der Waals surface area contributed by atoms with Crippen LogP contribution in [0.25, 0.3) is 11.1 Å². The summed E-state index contributed by atoms with van der Waals surface area (Å²) in [4.78, 5) is 34.2. The van der Waals surface area contributed by atoms with Crippen LogP contribution in [0.1, 0.15) is 36.3 Å². The van der Waals surface area contributed by atoms with E-state index in [1.807, 2.05) is 24.3 Å². The molecule has 1 aliphatic carbocycles. The van der Waals surface area contributed by atoms with Crippen LogP contribution in [0.5, 0.6) is 0 Å². The zero-order chi connectivity index (χ0) is 22.2. The van der Waals surface area contributed by atoms with E-state index in [-0.39, 0.29) is 44.4 Å². The van der Waals surface area contributed by atoms with Gasteiger partial charge in [0.1, 0.15) is 6.61 Å². The fraction of sp³-hybridized carbons (Fsp3) is 0.348. The van der Waals surface area contributed by atoms with Crippen molar-refractivity contribution >= 4 is 18.0 Å². The van der Waals surface area contributed by atoms with E-state index in [1.54, 1.807) is 0 Å². The first-order valence-electron chi connectivity index (χ1n) is 10.2. The second-order valence-corrected chi connectivity index (χ2v) is 7.35. The van der Waals surface area contributed by atoms with E-state index in [4.69, 9.17) is 14.9 Å². The van der Waals surface area contributed by atoms with E-state index < -0.39 is 18.2 Å². The number of hydrogen-bond acceptors (Lipinski definition) is 5. The molecule has 2 amide bonds. The van der Waals surface area contributed by atoms with Crippen molar-refractivity contribution in [3.05, 3.63) is 59.7 Å². The van der Waals surface area contributed by atoms with Crippen LogP contribution in [0.3, 0.4) is 0 Å². The van der Waals surface area contributed by atoms with Gasteiger partial charge in [0.15, 0.2) is 6.10 Å². The van der Waals surface area contributed by atoms with Crippen molar-refractivity contribution in [2.75, 3.05) is 19.7 Å². The molecule has 8 nitrogen and oxygen atoms in total. The summed E-state index contributed by atoms with van der Waals surface area (Å²) < 4.78 is 5.43. The van der Waals surface area contributed by atoms with Gasteiger partial charge in [-0.3, -0.25) is 4.79 Å². The van der Waals surface area contributed by atoms with Gasteiger partial charge in [0, 0.05) is 31.8 Å². The lowest BCUT2D eigenvalue weighted by molar-refractivity contribution is -0.147. The summed E-state index contributed by atoms with van der Waals surface area (Å²) in [7, 11) is 0. The largest absolute Gasteiger partial charge is 0.479 e. The number of carbonyl (C=O) groups excluding carboxylic acids is 2. The third-order valence-electron chi connectivity index (χ3n) is 5.22. The number of aliphatic hydroxyl groups is 1. The van der Waals surface area contributed by atoms with Gasteiger partial charge in [-0.1, -0.05) is 48.5 Å². The molecule has 0 saturated heterocycles. The average molecular weight is 426 g/mol. The number of benzene rings is 2. The molecular weight excluding hydrogens is 400 g/mol. The number of alkyl carbamates (subject to hydrolysis) is 1. The number of hydrogen-bond donors (Lipinski definition) is 4. The zero-order valence-corrected chi connectivity index (χ0v) is 17.0. The first-order valence-corrected chi connectivity index (χ1v) is 10.2. The summed E-state index contributed by atoms with van der Waals surface area (Å²) in [6.45, 7) is 0.584. The molecule has 0 aliphatic heterocycles. The molecule has 2 aromatic rings. The van der Waals surface area contributed by atoms with Gasteiger partial charge >= 0.3 is 12.1 Å². The quantitative estimate of drug-likeness (QED) is 0.432. The van der Waals surface area contributed by atoms with Crippen molar-refractivity contribution < 1.29 is 29.3 Å². The Morgan fingerprint density at radius 3 is 2.16 bits per heavy atom. The van der Waals surface area contributed by atoms with Gasteiger partial charge < -0.3 is 25.6 Å². The van der Waals surface area contributed by atoms with Gasteiger partial charge in [0.25, 0.3) is 0 Å². The highest BCUT2D eigenvalue weighted by molar-refractivity contribution is 5.79. The fourth-order valence-corrected chi connectivity index (χ4v) is 3.65. The first-order chi connectivity index (χ1) is 15.0. The van der Waals surface area contributed by atoms with E-state index in [0.29, 0.717) is 6.42 Å². The van der Waals surface area contributed by atoms with Crippen molar-refractivity contribution in [2.24, 2.45) is 0 Å². The van der Waals surface area contributed by atoms with Crippen LogP contribution in [-0.4, -0.2) is 54.0 Å². The number of carboxylic acids is 1. The molecule has 4 N–H and O–H groups in total. The maximum Gasteiger partial charge on any atom is 0.407 e. The zero-order valence-electron chi connectivity index (χ0n) is 17.0. The molecule has 0 aromatic heterocycles. The predicted molar refractivity (Wildman–Crippen MR) is 114 cm³/mol. The Morgan fingerprint density at radius 2 is 1.55 bits per heavy atom. The van der Waals surface area contributed by atoms with E-state index in [2.05, 4.69) is 34.9 Å². The summed E-state index contributed by atoms with van der Waals surface area (Å²) in [5.74, 6) is -1.60. The minimum Gasteiger partial charge on any atom is -0.479 e. The molecule has 3 rings (SSSR count). The Bertz CT molecular complexity index is 900. The summed E-state index contributed by atoms with van der Waals surface area (Å²) >= 11 is 0. The normalized spacial score (nSPS) is 13.1. The second-order valence-electron chi connectivity index (χ2n) is 7.35. The number of rotatable bonds is 10. The summed E-state index contributed by atoms with van der Waals surface area (Å²) in [6, 6.07) is 16.2. The second kappa shape index (κ2) is 10.6. The molecule has 0 unspecified atom stereocenters. The van der Waals surface area contributed by atoms with E-state index in [0.717, 1.165) is 22.3 Å². The van der Waals surface area contributed by atoms with E-state index >= 15 is 0 Å². The number of aliphatic carboxylic acids is 1. The lowest BCUT2D eigenvalue weighted by Gasteiger charge is -2.14. The molecule has 31 heavy (non-hydrogen) atoms. The first kappa shape index (κ1) is 22.3. The van der Waals surface area contributed by atoms with Crippen LogP contribution in [-0.2, 0) is 14.3 Å². The highest BCUT2D eigenvalue weighted by atomic mass is 16.5. The summed E-state index contributed by atoms with van der Waals surface area (Å²) in [5.41, 5.74) is 4.60. The van der Waals surface area contributed by atoms with Crippen molar-refractivity contribution in [1.82, 2.24) is 10.6 Å². The number of amides is 2. The van der Waals surface area contributed by atoms with E-state index in [9.17, 15) is 14.4 Å². The molecule has 1 aliphatic rings. The molecule has 0 spiro atoms. The minimum absolute atomic E-state index is 0.00918. The molecule has 1 atom stereocenters. The Kier molecular flexibility index (Phi) is 7.61. The van der Waals surface area contributed by atoms with Crippen LogP contribution in [0, 0.1) is 0 Å². The van der Waals surface area contributed by atoms with Gasteiger partial charge in [-0.2, -0.15) is 0 Å². The van der Waals surface area contributed by atoms with Gasteiger partial charge in [-0.15, -0.1) is 0 Å². The topological polar surface area (TPSA) is 125 Å². The highest BCUT2D eigenvalue weighted by Gasteiger charge is 2.28. The molecule has 0 fully saturated rings. The predicted octanol–water partition coefficient (Wildman–Crippen LogP) is 2.26. The minimum atomic E-state index is -1.49. The van der Waals surface area contributed by atoms with Crippen LogP contribution in [0.2, 0.25) is 0 Å². The van der Waals surface area contributed by atoms with Crippen LogP contribution in [0.15, 0.2) is 48.5 Å². The number of aliphatic hydroxyl groups excluding tert-OH is 1. The lowest BCUT2D eigenvalue weighted by Crippen LogP contribution is -2.31. The van der Waals surface area contributed by atoms with Crippen molar-refractivity contribution in [2.45, 2.75) is 31.3 Å². The summed E-state index contributed by atoms with van der Waals surface area (Å²) in [5, 5.41) is 22.9. The Labute approximate surface area is 180 Å². The third kappa shape index (κ3) is 5.82. The standard InChI is InChI=1S/C23H26N2O6/c26-20(22(28)29)11-13-24-21(27)10-5-12-25-23(30)31-14-19-17-8-3-1-6-15(17)16-7-2-4-9-18(16)19/h1-4,6-9,19-20,26H,5,10-14H2,(H,24,27)(H,25,30)(H,28,29)/t20-/m0/s1. The SMILES string of the molecule is O=C(CCCNC(=O)OCC1c2ccccc2-c2ccccc21)NCC[C@H](O)C(=O)O. The van der Waals surface area contributed by atoms with Gasteiger partial charge in [-0.05, 0) is 28.7 Å². The lowest BCUT2D eigenvalue weighted by atomic mass is 9.98. The number of nitrogens with one attached hydrogen (secondary N) is 2. The molecule has 0 heterocycles. The van der Waals surface area contributed by atoms with Gasteiger partial charge in [0.05, 0.1) is 0 Å². The number of carbonyl (C=O) groups is 3. The molecule has 164 valence electrons. The monoisotopic (exact) mass is 426 g/mol. The number of fused-ring (bicyclic) bond motifs is 3. The van der Waals surface area contributed by atoms with E-state index in [1.165, 1.54) is 0 Å². The van der Waals surface area contributed by atoms with Crippen molar-refractivity contribution in [3.8, 4) is 11.1 Å². The van der Waals surface area contributed by atoms with Crippen LogP contribution in [0.4, 0.5) is 4.79 Å². The smallest absolute Gasteiger partial charge is 0.407 e. The molecular formula is C23H26N2O6. The Balaban J connectivity index is 1.37. The van der Waals surface area contributed by atoms with Crippen molar-refractivity contribution in [1.29, 1.82) is 0 Å². The van der Waals surface area contributed by atoms with Crippen molar-refractivity contribution in [3.63, 3.8) is 0 Å². The fourth-order valence-electron chi connectivity index (χ4n) is 3.65. The number of carboxylic acid groups (broad SMARTS) is 1. The molecule has 0 radical (unpaired) electrons. The van der Waals surface area contributed by atoms with Gasteiger partial charge in [-0.25, -0.2) is 9.59 Å². The van der Waals surface area contributed by atoms with Crippen LogP contribution < -0.4 is 10.6 Å². The maximum absolute atomic E-state index is 12.1. The molecule has 2 aromatic carbocycles. The number of ether oxygens (including phenoxy) is 1. The average Bonchev–Trinajstić information content (AvgIpc) is 3.09. The van der Waals surface area contributed by atoms with Crippen LogP contribution >= 0.6 is 0 Å². The highest BCUT2D eigenvalue weighted by Crippen LogP contribution is 2.44. The Morgan fingerprint density at radius 1 is 0.935 bits per heavy atom. The Hall–Kier alpha value is -3.39. The molecule has 8 heteroatoms.